The number of carbonyl (C=O) groups is 2. The molecule has 0 bridgehead atoms. The fourth-order valence-electron chi connectivity index (χ4n) is 3.17. The van der Waals surface area contributed by atoms with Crippen molar-refractivity contribution >= 4 is 21.7 Å². The highest BCUT2D eigenvalue weighted by Crippen LogP contribution is 2.31. The van der Waals surface area contributed by atoms with Crippen LogP contribution in [-0.2, 0) is 24.2 Å². The number of hydroxylamine groups is 1. The second-order valence-electron chi connectivity index (χ2n) is 6.27. The van der Waals surface area contributed by atoms with Crippen LogP contribution in [0.3, 0.4) is 0 Å². The second kappa shape index (κ2) is 9.16. The van der Waals surface area contributed by atoms with Gasteiger partial charge in [-0.2, -0.15) is 0 Å². The van der Waals surface area contributed by atoms with Crippen molar-refractivity contribution in [3.63, 3.8) is 0 Å². The summed E-state index contributed by atoms with van der Waals surface area (Å²) in [6, 6.07) is 4.67. The molecule has 9 nitrogen and oxygen atoms in total. The van der Waals surface area contributed by atoms with E-state index in [1.807, 2.05) is 0 Å². The Morgan fingerprint density at radius 1 is 1.26 bits per heavy atom. The summed E-state index contributed by atoms with van der Waals surface area (Å²) < 4.78 is 36.6. The number of amides is 1. The average molecular weight is 400 g/mol. The Morgan fingerprint density at radius 3 is 2.48 bits per heavy atom. The lowest BCUT2D eigenvalue weighted by atomic mass is 9.95. The van der Waals surface area contributed by atoms with Crippen LogP contribution in [0.15, 0.2) is 29.2 Å². The number of esters is 1. The largest absolute Gasteiger partial charge is 0.497 e. The van der Waals surface area contributed by atoms with Crippen molar-refractivity contribution in [3.8, 4) is 5.75 Å². The number of nitrogens with one attached hydrogen (secondary N) is 2. The third-order valence-electron chi connectivity index (χ3n) is 4.47. The maximum Gasteiger partial charge on any atom is 0.303 e. The highest BCUT2D eigenvalue weighted by atomic mass is 32.2. The van der Waals surface area contributed by atoms with Gasteiger partial charge in [-0.25, -0.2) is 13.9 Å². The molecule has 1 aromatic rings. The molecule has 27 heavy (non-hydrogen) atoms. The fourth-order valence-corrected chi connectivity index (χ4v) is 4.97. The molecule has 3 unspecified atom stereocenters. The van der Waals surface area contributed by atoms with Gasteiger partial charge < -0.3 is 14.8 Å². The van der Waals surface area contributed by atoms with E-state index in [0.717, 1.165) is 13.3 Å². The summed E-state index contributed by atoms with van der Waals surface area (Å²) in [5, 5.41) is 12.0. The molecule has 3 atom stereocenters. The SMILES string of the molecule is COc1ccc(S(=O)(=O)C(OC(C)=O)C2CCCCNC2C(=O)NO)cc1. The van der Waals surface area contributed by atoms with Gasteiger partial charge in [-0.1, -0.05) is 6.42 Å². The summed E-state index contributed by atoms with van der Waals surface area (Å²) in [7, 11) is -2.65. The van der Waals surface area contributed by atoms with Gasteiger partial charge in [0, 0.05) is 12.8 Å². The molecular formula is C17H24N2O7S. The van der Waals surface area contributed by atoms with Crippen molar-refractivity contribution in [2.75, 3.05) is 13.7 Å². The predicted octanol–water partition coefficient (Wildman–Crippen LogP) is 0.622. The van der Waals surface area contributed by atoms with E-state index in [2.05, 4.69) is 5.32 Å². The molecule has 0 aromatic heterocycles. The van der Waals surface area contributed by atoms with Gasteiger partial charge in [-0.3, -0.25) is 14.8 Å². The molecule has 1 aliphatic rings. The van der Waals surface area contributed by atoms with Gasteiger partial charge in [0.1, 0.15) is 5.75 Å². The Labute approximate surface area is 157 Å². The number of methoxy groups -OCH3 is 1. The molecule has 1 aromatic carbocycles. The maximum atomic E-state index is 13.2. The highest BCUT2D eigenvalue weighted by Gasteiger charge is 2.44. The smallest absolute Gasteiger partial charge is 0.303 e. The first-order valence-corrected chi connectivity index (χ1v) is 10.1. The summed E-state index contributed by atoms with van der Waals surface area (Å²) in [4.78, 5) is 23.7. The predicted molar refractivity (Wildman–Crippen MR) is 94.8 cm³/mol. The van der Waals surface area contributed by atoms with Crippen molar-refractivity contribution in [1.82, 2.24) is 10.8 Å². The van der Waals surface area contributed by atoms with Gasteiger partial charge >= 0.3 is 5.97 Å². The fraction of sp³-hybridized carbons (Fsp3) is 0.529. The molecule has 150 valence electrons. The van der Waals surface area contributed by atoms with E-state index in [-0.39, 0.29) is 4.90 Å². The van der Waals surface area contributed by atoms with E-state index >= 15 is 0 Å². The van der Waals surface area contributed by atoms with Gasteiger partial charge in [-0.15, -0.1) is 0 Å². The third-order valence-corrected chi connectivity index (χ3v) is 6.46. The van der Waals surface area contributed by atoms with Crippen LogP contribution in [0.2, 0.25) is 0 Å². The van der Waals surface area contributed by atoms with Crippen molar-refractivity contribution in [2.24, 2.45) is 5.92 Å². The van der Waals surface area contributed by atoms with Gasteiger partial charge in [0.15, 0.2) is 0 Å². The van der Waals surface area contributed by atoms with Crippen LogP contribution >= 0.6 is 0 Å². The van der Waals surface area contributed by atoms with Crippen LogP contribution in [-0.4, -0.2) is 50.6 Å². The average Bonchev–Trinajstić information content (AvgIpc) is 2.91. The van der Waals surface area contributed by atoms with Crippen LogP contribution in [0, 0.1) is 5.92 Å². The molecular weight excluding hydrogens is 376 g/mol. The molecule has 1 aliphatic heterocycles. The molecule has 3 N–H and O–H groups in total. The minimum atomic E-state index is -4.11. The first-order valence-electron chi connectivity index (χ1n) is 8.53. The number of benzene rings is 1. The number of rotatable bonds is 6. The van der Waals surface area contributed by atoms with Gasteiger partial charge in [0.05, 0.1) is 18.0 Å². The molecule has 1 fully saturated rings. The minimum Gasteiger partial charge on any atom is -0.497 e. The van der Waals surface area contributed by atoms with Crippen LogP contribution in [0.25, 0.3) is 0 Å². The van der Waals surface area contributed by atoms with E-state index in [1.165, 1.54) is 31.4 Å². The van der Waals surface area contributed by atoms with Crippen LogP contribution in [0.5, 0.6) is 5.75 Å². The molecule has 1 amide bonds. The van der Waals surface area contributed by atoms with Gasteiger partial charge in [0.2, 0.25) is 15.3 Å². The Hall–Kier alpha value is -2.17. The number of ether oxygens (including phenoxy) is 2. The van der Waals surface area contributed by atoms with Crippen LogP contribution in [0.4, 0.5) is 0 Å². The third kappa shape index (κ3) is 4.96. The normalized spacial score (nSPS) is 21.6. The molecule has 0 spiro atoms. The quantitative estimate of drug-likeness (QED) is 0.360. The van der Waals surface area contributed by atoms with Crippen molar-refractivity contribution in [1.29, 1.82) is 0 Å². The number of hydrogen-bond donors (Lipinski definition) is 3. The molecule has 0 saturated carbocycles. The lowest BCUT2D eigenvalue weighted by molar-refractivity contribution is -0.147. The van der Waals surface area contributed by atoms with E-state index in [9.17, 15) is 18.0 Å². The lowest BCUT2D eigenvalue weighted by Crippen LogP contribution is -2.52. The zero-order chi connectivity index (χ0) is 20.0. The van der Waals surface area contributed by atoms with E-state index < -0.39 is 39.1 Å². The van der Waals surface area contributed by atoms with Crippen LogP contribution in [0.1, 0.15) is 26.2 Å². The standard InChI is InChI=1S/C17H24N2O7S/c1-11(20)26-17(14-5-3-4-10-18-15(14)16(21)19-22)27(23,24)13-8-6-12(25-2)7-9-13/h6-9,14-15,17-18,22H,3-5,10H2,1-2H3,(H,19,21). The lowest BCUT2D eigenvalue weighted by Gasteiger charge is -2.30. The van der Waals surface area contributed by atoms with E-state index in [4.69, 9.17) is 14.7 Å². The van der Waals surface area contributed by atoms with Crippen LogP contribution < -0.4 is 15.5 Å². The summed E-state index contributed by atoms with van der Waals surface area (Å²) in [5.41, 5.74) is -0.0192. The first-order chi connectivity index (χ1) is 12.8. The molecule has 0 aliphatic carbocycles. The Kier molecular flexibility index (Phi) is 7.17. The zero-order valence-corrected chi connectivity index (χ0v) is 16.0. The number of hydrogen-bond acceptors (Lipinski definition) is 8. The summed E-state index contributed by atoms with van der Waals surface area (Å²) in [6.07, 6.45) is 1.70. The Bertz CT molecular complexity index is 764. The summed E-state index contributed by atoms with van der Waals surface area (Å²) in [6.45, 7) is 1.59. The number of sulfone groups is 1. The molecule has 1 heterocycles. The van der Waals surface area contributed by atoms with Crippen molar-refractivity contribution in [2.45, 2.75) is 42.6 Å². The van der Waals surface area contributed by atoms with E-state index in [0.29, 0.717) is 25.1 Å². The van der Waals surface area contributed by atoms with Gasteiger partial charge in [-0.05, 0) is 43.7 Å². The van der Waals surface area contributed by atoms with E-state index in [1.54, 1.807) is 5.48 Å². The first kappa shape index (κ1) is 21.1. The number of carbonyl (C=O) groups excluding carboxylic acids is 2. The molecule has 10 heteroatoms. The topological polar surface area (TPSA) is 131 Å². The summed E-state index contributed by atoms with van der Waals surface area (Å²) in [5.74, 6) is -1.93. The zero-order valence-electron chi connectivity index (χ0n) is 15.2. The van der Waals surface area contributed by atoms with Crippen molar-refractivity contribution < 1.29 is 32.7 Å². The van der Waals surface area contributed by atoms with Gasteiger partial charge in [0.25, 0.3) is 5.91 Å². The van der Waals surface area contributed by atoms with Crippen molar-refractivity contribution in [3.05, 3.63) is 24.3 Å². The Balaban J connectivity index is 2.47. The second-order valence-corrected chi connectivity index (χ2v) is 8.29. The highest BCUT2D eigenvalue weighted by molar-refractivity contribution is 7.92. The summed E-state index contributed by atoms with van der Waals surface area (Å²) >= 11 is 0. The maximum absolute atomic E-state index is 13.2. The Morgan fingerprint density at radius 2 is 1.93 bits per heavy atom. The molecule has 0 radical (unpaired) electrons. The minimum absolute atomic E-state index is 0.0537. The molecule has 2 rings (SSSR count). The monoisotopic (exact) mass is 400 g/mol. The molecule has 1 saturated heterocycles.